The van der Waals surface area contributed by atoms with E-state index in [1.807, 2.05) is 0 Å². The van der Waals surface area contributed by atoms with Crippen LogP contribution in [0.4, 0.5) is 0 Å². The lowest BCUT2D eigenvalue weighted by atomic mass is 10.1. The number of rotatable bonds is 2. The molecule has 1 aromatic rings. The third-order valence-electron chi connectivity index (χ3n) is 2.19. The first-order valence-corrected chi connectivity index (χ1v) is 5.71. The van der Waals surface area contributed by atoms with Gasteiger partial charge in [-0.15, -0.1) is 0 Å². The standard InChI is InChI=1S/C10H9Cl3N2/c11-7-5-9(13)8(12)3-6(7)4-10-14-1-2-15-10/h3,5H,1-2,4H2,(H,14,15). The van der Waals surface area contributed by atoms with Gasteiger partial charge in [-0.3, -0.25) is 4.99 Å². The number of hydrogen-bond donors (Lipinski definition) is 1. The van der Waals surface area contributed by atoms with Gasteiger partial charge in [-0.1, -0.05) is 34.8 Å². The number of aliphatic imine (C=N–C) groups is 1. The Hall–Kier alpha value is -0.440. The molecular weight excluding hydrogens is 254 g/mol. The molecule has 1 aromatic carbocycles. The molecule has 80 valence electrons. The van der Waals surface area contributed by atoms with Crippen LogP contribution in [0.1, 0.15) is 5.56 Å². The van der Waals surface area contributed by atoms with Gasteiger partial charge in [0.25, 0.3) is 0 Å². The molecule has 0 atom stereocenters. The van der Waals surface area contributed by atoms with Gasteiger partial charge in [0, 0.05) is 18.0 Å². The SMILES string of the molecule is Clc1cc(Cl)c(CC2=NCCN2)cc1Cl. The molecule has 1 heterocycles. The zero-order chi connectivity index (χ0) is 10.8. The van der Waals surface area contributed by atoms with E-state index in [9.17, 15) is 0 Å². The minimum Gasteiger partial charge on any atom is -0.372 e. The Balaban J connectivity index is 2.24. The minimum atomic E-state index is 0.478. The van der Waals surface area contributed by atoms with Gasteiger partial charge in [-0.25, -0.2) is 0 Å². The fourth-order valence-corrected chi connectivity index (χ4v) is 2.08. The fraction of sp³-hybridized carbons (Fsp3) is 0.300. The van der Waals surface area contributed by atoms with E-state index < -0.39 is 0 Å². The topological polar surface area (TPSA) is 24.4 Å². The normalized spacial score (nSPS) is 15.0. The lowest BCUT2D eigenvalue weighted by Gasteiger charge is -2.06. The summed E-state index contributed by atoms with van der Waals surface area (Å²) in [6, 6.07) is 3.45. The zero-order valence-corrected chi connectivity index (χ0v) is 10.1. The predicted molar refractivity (Wildman–Crippen MR) is 65.5 cm³/mol. The van der Waals surface area contributed by atoms with Crippen LogP contribution in [0.25, 0.3) is 0 Å². The van der Waals surface area contributed by atoms with Crippen molar-refractivity contribution in [2.45, 2.75) is 6.42 Å². The second-order valence-corrected chi connectivity index (χ2v) is 4.51. The molecule has 0 radical (unpaired) electrons. The summed E-state index contributed by atoms with van der Waals surface area (Å²) >= 11 is 17.8. The molecule has 2 rings (SSSR count). The van der Waals surface area contributed by atoms with Gasteiger partial charge in [0.1, 0.15) is 5.84 Å². The molecule has 15 heavy (non-hydrogen) atoms. The van der Waals surface area contributed by atoms with Crippen LogP contribution in [0.5, 0.6) is 0 Å². The van der Waals surface area contributed by atoms with Crippen molar-refractivity contribution in [3.8, 4) is 0 Å². The molecule has 0 fully saturated rings. The summed E-state index contributed by atoms with van der Waals surface area (Å²) in [5, 5.41) is 4.81. The van der Waals surface area contributed by atoms with Crippen molar-refractivity contribution < 1.29 is 0 Å². The Labute approximate surface area is 103 Å². The fourth-order valence-electron chi connectivity index (χ4n) is 1.44. The quantitative estimate of drug-likeness (QED) is 0.814. The van der Waals surface area contributed by atoms with Gasteiger partial charge < -0.3 is 5.32 Å². The number of benzene rings is 1. The summed E-state index contributed by atoms with van der Waals surface area (Å²) in [4.78, 5) is 4.30. The Morgan fingerprint density at radius 1 is 1.13 bits per heavy atom. The summed E-state index contributed by atoms with van der Waals surface area (Å²) in [6.45, 7) is 1.72. The van der Waals surface area contributed by atoms with E-state index in [2.05, 4.69) is 10.3 Å². The van der Waals surface area contributed by atoms with E-state index in [-0.39, 0.29) is 0 Å². The minimum absolute atomic E-state index is 0.478. The molecule has 5 heteroatoms. The van der Waals surface area contributed by atoms with Gasteiger partial charge in [0.15, 0.2) is 0 Å². The molecule has 0 saturated carbocycles. The van der Waals surface area contributed by atoms with Crippen molar-refractivity contribution in [3.05, 3.63) is 32.8 Å². The maximum atomic E-state index is 6.05. The Morgan fingerprint density at radius 3 is 2.53 bits per heavy atom. The first kappa shape index (κ1) is 11.1. The predicted octanol–water partition coefficient (Wildman–Crippen LogP) is 3.19. The van der Waals surface area contributed by atoms with E-state index in [0.717, 1.165) is 24.5 Å². The molecule has 1 aliphatic rings. The number of nitrogens with zero attached hydrogens (tertiary/aromatic N) is 1. The second kappa shape index (κ2) is 4.60. The molecule has 1 N–H and O–H groups in total. The number of hydrogen-bond acceptors (Lipinski definition) is 2. The summed E-state index contributed by atoms with van der Waals surface area (Å²) in [5.41, 5.74) is 0.944. The molecule has 2 nitrogen and oxygen atoms in total. The molecular formula is C10H9Cl3N2. The highest BCUT2D eigenvalue weighted by molar-refractivity contribution is 6.43. The van der Waals surface area contributed by atoms with Crippen LogP contribution >= 0.6 is 34.8 Å². The molecule has 0 bridgehead atoms. The average molecular weight is 264 g/mol. The lowest BCUT2D eigenvalue weighted by Crippen LogP contribution is -2.20. The highest BCUT2D eigenvalue weighted by Gasteiger charge is 2.11. The van der Waals surface area contributed by atoms with Crippen LogP contribution in [0.2, 0.25) is 15.1 Å². The van der Waals surface area contributed by atoms with Crippen LogP contribution in [0.15, 0.2) is 17.1 Å². The first-order chi connectivity index (χ1) is 7.16. The average Bonchev–Trinajstić information content (AvgIpc) is 2.67. The molecule has 0 aliphatic carbocycles. The number of halogens is 3. The van der Waals surface area contributed by atoms with Crippen molar-refractivity contribution in [1.29, 1.82) is 0 Å². The van der Waals surface area contributed by atoms with E-state index in [1.54, 1.807) is 12.1 Å². The summed E-state index contributed by atoms with van der Waals surface area (Å²) in [6.07, 6.45) is 0.676. The van der Waals surface area contributed by atoms with E-state index >= 15 is 0 Å². The van der Waals surface area contributed by atoms with E-state index in [4.69, 9.17) is 34.8 Å². The maximum absolute atomic E-state index is 6.05. The van der Waals surface area contributed by atoms with Gasteiger partial charge >= 0.3 is 0 Å². The van der Waals surface area contributed by atoms with Crippen molar-refractivity contribution in [2.24, 2.45) is 4.99 Å². The second-order valence-electron chi connectivity index (χ2n) is 3.29. The Kier molecular flexibility index (Phi) is 3.39. The molecule has 0 amide bonds. The van der Waals surface area contributed by atoms with Crippen LogP contribution in [-0.4, -0.2) is 18.9 Å². The van der Waals surface area contributed by atoms with E-state index in [1.165, 1.54) is 0 Å². The summed E-state index contributed by atoms with van der Waals surface area (Å²) in [5.74, 6) is 0.954. The highest BCUT2D eigenvalue weighted by atomic mass is 35.5. The first-order valence-electron chi connectivity index (χ1n) is 4.57. The Morgan fingerprint density at radius 2 is 1.87 bits per heavy atom. The Bertz CT molecular complexity index is 415. The van der Waals surface area contributed by atoms with E-state index in [0.29, 0.717) is 21.5 Å². The smallest absolute Gasteiger partial charge is 0.101 e. The molecule has 0 aromatic heterocycles. The zero-order valence-electron chi connectivity index (χ0n) is 7.86. The van der Waals surface area contributed by atoms with Crippen LogP contribution in [-0.2, 0) is 6.42 Å². The van der Waals surface area contributed by atoms with Crippen molar-refractivity contribution in [3.63, 3.8) is 0 Å². The van der Waals surface area contributed by atoms with Gasteiger partial charge in [0.05, 0.1) is 16.6 Å². The number of amidine groups is 1. The van der Waals surface area contributed by atoms with Crippen LogP contribution in [0.3, 0.4) is 0 Å². The maximum Gasteiger partial charge on any atom is 0.101 e. The van der Waals surface area contributed by atoms with Crippen LogP contribution in [0, 0.1) is 0 Å². The largest absolute Gasteiger partial charge is 0.372 e. The van der Waals surface area contributed by atoms with Gasteiger partial charge in [-0.2, -0.15) is 0 Å². The molecule has 1 aliphatic heterocycles. The van der Waals surface area contributed by atoms with Crippen molar-refractivity contribution in [1.82, 2.24) is 5.32 Å². The summed E-state index contributed by atoms with van der Waals surface area (Å²) in [7, 11) is 0. The van der Waals surface area contributed by atoms with Crippen molar-refractivity contribution >= 4 is 40.6 Å². The highest BCUT2D eigenvalue weighted by Crippen LogP contribution is 2.29. The van der Waals surface area contributed by atoms with Gasteiger partial charge in [-0.05, 0) is 17.7 Å². The molecule has 0 spiro atoms. The molecule has 0 saturated heterocycles. The summed E-state index contributed by atoms with van der Waals surface area (Å²) < 4.78 is 0. The number of nitrogens with one attached hydrogen (secondary N) is 1. The van der Waals surface area contributed by atoms with Crippen molar-refractivity contribution in [2.75, 3.05) is 13.1 Å². The third kappa shape index (κ3) is 2.57. The third-order valence-corrected chi connectivity index (χ3v) is 3.26. The molecule has 0 unspecified atom stereocenters. The monoisotopic (exact) mass is 262 g/mol. The van der Waals surface area contributed by atoms with Crippen LogP contribution < -0.4 is 5.32 Å². The lowest BCUT2D eigenvalue weighted by molar-refractivity contribution is 0.953. The van der Waals surface area contributed by atoms with Gasteiger partial charge in [0.2, 0.25) is 0 Å².